The Hall–Kier alpha value is -3.87. The maximum atomic E-state index is 13.2. The van der Waals surface area contributed by atoms with Gasteiger partial charge in [-0.05, 0) is 71.7 Å². The van der Waals surface area contributed by atoms with Crippen LogP contribution in [-0.2, 0) is 17.8 Å². The summed E-state index contributed by atoms with van der Waals surface area (Å²) in [5.74, 6) is 1.19. The minimum Gasteiger partial charge on any atom is -0.490 e. The molecule has 0 aliphatic carbocycles. The van der Waals surface area contributed by atoms with Crippen LogP contribution < -0.4 is 14.4 Å². The average molecular weight is 538 g/mol. The molecular weight excluding hydrogens is 510 g/mol. The van der Waals surface area contributed by atoms with E-state index in [4.69, 9.17) is 21.7 Å². The monoisotopic (exact) mass is 537 g/mol. The van der Waals surface area contributed by atoms with Crippen molar-refractivity contribution in [1.29, 1.82) is 0 Å². The van der Waals surface area contributed by atoms with Crippen molar-refractivity contribution >= 4 is 56.7 Å². The number of hydrogen-bond donors (Lipinski definition) is 0. The van der Waals surface area contributed by atoms with Crippen molar-refractivity contribution in [2.24, 2.45) is 0 Å². The fourth-order valence-corrected chi connectivity index (χ4v) is 5.70. The van der Waals surface area contributed by atoms with E-state index in [1.165, 1.54) is 22.5 Å². The lowest BCUT2D eigenvalue weighted by Crippen LogP contribution is -2.27. The van der Waals surface area contributed by atoms with Gasteiger partial charge < -0.3 is 9.47 Å². The van der Waals surface area contributed by atoms with E-state index in [2.05, 4.69) is 36.9 Å². The second-order valence-corrected chi connectivity index (χ2v) is 10.4. The van der Waals surface area contributed by atoms with E-state index in [1.807, 2.05) is 73.7 Å². The molecule has 4 nitrogen and oxygen atoms in total. The molecule has 0 atom stereocenters. The number of carbonyl (C=O) groups is 1. The molecule has 38 heavy (non-hydrogen) atoms. The van der Waals surface area contributed by atoms with Crippen molar-refractivity contribution < 1.29 is 14.3 Å². The molecule has 6 heteroatoms. The summed E-state index contributed by atoms with van der Waals surface area (Å²) >= 11 is 6.83. The topological polar surface area (TPSA) is 38.8 Å². The number of para-hydroxylation sites is 1. The smallest absolute Gasteiger partial charge is 0.270 e. The minimum atomic E-state index is -0.133. The number of fused-ring (bicyclic) bond motifs is 1. The molecule has 4 aromatic carbocycles. The molecule has 0 bridgehead atoms. The first-order valence-electron chi connectivity index (χ1n) is 12.4. The number of rotatable bonds is 9. The Morgan fingerprint density at radius 3 is 2.47 bits per heavy atom. The maximum absolute atomic E-state index is 13.2. The summed E-state index contributed by atoms with van der Waals surface area (Å²) in [6, 6.07) is 28.0. The van der Waals surface area contributed by atoms with Crippen LogP contribution in [0.2, 0.25) is 0 Å². The molecule has 0 saturated carbocycles. The minimum absolute atomic E-state index is 0.133. The van der Waals surface area contributed by atoms with E-state index in [0.29, 0.717) is 40.4 Å². The first kappa shape index (κ1) is 25.8. The van der Waals surface area contributed by atoms with Gasteiger partial charge in [0.05, 0.1) is 17.2 Å². The van der Waals surface area contributed by atoms with Crippen molar-refractivity contribution in [1.82, 2.24) is 0 Å². The molecule has 5 rings (SSSR count). The van der Waals surface area contributed by atoms with E-state index < -0.39 is 0 Å². The van der Waals surface area contributed by atoms with Crippen LogP contribution in [0.1, 0.15) is 23.6 Å². The first-order valence-corrected chi connectivity index (χ1v) is 13.6. The highest BCUT2D eigenvalue weighted by atomic mass is 32.2. The van der Waals surface area contributed by atoms with E-state index >= 15 is 0 Å². The number of anilines is 1. The number of thioether (sulfide) groups is 1. The predicted molar refractivity (Wildman–Crippen MR) is 162 cm³/mol. The quantitative estimate of drug-likeness (QED) is 0.123. The summed E-state index contributed by atoms with van der Waals surface area (Å²) < 4.78 is 12.9. The van der Waals surface area contributed by atoms with Gasteiger partial charge in [-0.2, -0.15) is 0 Å². The van der Waals surface area contributed by atoms with Crippen molar-refractivity contribution in [2.45, 2.75) is 20.0 Å². The molecule has 0 radical (unpaired) electrons. The normalized spacial score (nSPS) is 14.3. The second-order valence-electron chi connectivity index (χ2n) is 8.76. The van der Waals surface area contributed by atoms with E-state index in [0.717, 1.165) is 22.4 Å². The number of thiocarbonyl (C=S) groups is 1. The Morgan fingerprint density at radius 1 is 0.947 bits per heavy atom. The van der Waals surface area contributed by atoms with Gasteiger partial charge in [-0.1, -0.05) is 84.7 Å². The van der Waals surface area contributed by atoms with Crippen molar-refractivity contribution in [3.8, 4) is 11.5 Å². The molecular formula is C32H27NO3S2. The highest BCUT2D eigenvalue weighted by Crippen LogP contribution is 2.39. The predicted octanol–water partition coefficient (Wildman–Crippen LogP) is 7.95. The fourth-order valence-electron chi connectivity index (χ4n) is 4.40. The molecule has 1 fully saturated rings. The summed E-state index contributed by atoms with van der Waals surface area (Å²) in [6.07, 6.45) is 4.30. The van der Waals surface area contributed by atoms with Gasteiger partial charge in [0.2, 0.25) is 0 Å². The molecule has 1 saturated heterocycles. The van der Waals surface area contributed by atoms with Gasteiger partial charge in [-0.3, -0.25) is 9.69 Å². The maximum Gasteiger partial charge on any atom is 0.270 e. The lowest BCUT2D eigenvalue weighted by atomic mass is 10.0. The Labute approximate surface area is 232 Å². The van der Waals surface area contributed by atoms with Crippen LogP contribution in [0.5, 0.6) is 11.5 Å². The molecule has 0 unspecified atom stereocenters. The number of benzene rings is 4. The fraction of sp³-hybridized carbons (Fsp3) is 0.125. The van der Waals surface area contributed by atoms with Crippen molar-refractivity contribution in [2.75, 3.05) is 11.5 Å². The van der Waals surface area contributed by atoms with Crippen LogP contribution >= 0.6 is 24.0 Å². The molecule has 0 N–H and O–H groups in total. The zero-order valence-corrected chi connectivity index (χ0v) is 22.7. The summed E-state index contributed by atoms with van der Waals surface area (Å²) in [5, 5.41) is 2.37. The van der Waals surface area contributed by atoms with Gasteiger partial charge in [0.25, 0.3) is 5.91 Å². The number of allylic oxidation sites excluding steroid dienone is 1. The van der Waals surface area contributed by atoms with Crippen molar-refractivity contribution in [3.63, 3.8) is 0 Å². The number of hydrogen-bond acceptors (Lipinski definition) is 5. The van der Waals surface area contributed by atoms with Gasteiger partial charge in [-0.25, -0.2) is 0 Å². The van der Waals surface area contributed by atoms with Crippen LogP contribution in [0.3, 0.4) is 0 Å². The zero-order chi connectivity index (χ0) is 26.5. The molecule has 1 amide bonds. The first-order chi connectivity index (χ1) is 18.6. The summed E-state index contributed by atoms with van der Waals surface area (Å²) in [4.78, 5) is 15.4. The lowest BCUT2D eigenvalue weighted by Gasteiger charge is -2.17. The summed E-state index contributed by atoms with van der Waals surface area (Å²) in [5.41, 5.74) is 3.62. The van der Waals surface area contributed by atoms with Gasteiger partial charge in [0.15, 0.2) is 15.8 Å². The number of ether oxygens (including phenoxy) is 2. The van der Waals surface area contributed by atoms with Gasteiger partial charge in [-0.15, -0.1) is 6.58 Å². The Bertz CT molecular complexity index is 1550. The summed E-state index contributed by atoms with van der Waals surface area (Å²) in [7, 11) is 0. The molecule has 0 spiro atoms. The van der Waals surface area contributed by atoms with E-state index in [-0.39, 0.29) is 5.91 Å². The average Bonchev–Trinajstić information content (AvgIpc) is 3.21. The molecule has 0 aromatic heterocycles. The van der Waals surface area contributed by atoms with Crippen molar-refractivity contribution in [3.05, 3.63) is 119 Å². The zero-order valence-electron chi connectivity index (χ0n) is 21.1. The van der Waals surface area contributed by atoms with Crippen LogP contribution in [0.25, 0.3) is 16.8 Å². The van der Waals surface area contributed by atoms with Gasteiger partial charge in [0, 0.05) is 5.56 Å². The lowest BCUT2D eigenvalue weighted by molar-refractivity contribution is -0.113. The number of carbonyl (C=O) groups excluding carboxylic acids is 1. The molecule has 1 heterocycles. The SMILES string of the molecule is C=CCc1cc(/C=C2/SC(=S)N(c3ccccc3)C2=O)cc(OCC)c1OCc1ccc2ccccc2c1. The largest absolute Gasteiger partial charge is 0.490 e. The third kappa shape index (κ3) is 5.52. The second kappa shape index (κ2) is 11.7. The molecule has 190 valence electrons. The highest BCUT2D eigenvalue weighted by molar-refractivity contribution is 8.27. The number of nitrogens with zero attached hydrogens (tertiary/aromatic N) is 1. The van der Waals surface area contributed by atoms with Gasteiger partial charge in [0.1, 0.15) is 6.61 Å². The third-order valence-corrected chi connectivity index (χ3v) is 7.42. The van der Waals surface area contributed by atoms with E-state index in [9.17, 15) is 4.79 Å². The van der Waals surface area contributed by atoms with Gasteiger partial charge >= 0.3 is 0 Å². The Balaban J connectivity index is 1.45. The van der Waals surface area contributed by atoms with Crippen LogP contribution in [0.4, 0.5) is 5.69 Å². The van der Waals surface area contributed by atoms with Crippen LogP contribution in [0.15, 0.2) is 102 Å². The van der Waals surface area contributed by atoms with Crippen LogP contribution in [0, 0.1) is 0 Å². The Morgan fingerprint density at radius 2 is 1.71 bits per heavy atom. The van der Waals surface area contributed by atoms with E-state index in [1.54, 1.807) is 4.90 Å². The number of amides is 1. The van der Waals surface area contributed by atoms with Crippen LogP contribution in [-0.4, -0.2) is 16.8 Å². The standard InChI is InChI=1S/C32H27NO3S2/c1-3-10-26-18-23(20-29-31(34)33(32(37)38-29)27-13-6-5-7-14-27)19-28(35-4-2)30(26)36-21-22-15-16-24-11-8-9-12-25(24)17-22/h3,5-9,11-20H,1,4,10,21H2,2H3/b29-20+. The molecule has 1 aliphatic rings. The molecule has 1 aliphatic heterocycles. The summed E-state index contributed by atoms with van der Waals surface area (Å²) in [6.45, 7) is 6.76. The molecule has 4 aromatic rings. The third-order valence-electron chi connectivity index (χ3n) is 6.12. The highest BCUT2D eigenvalue weighted by Gasteiger charge is 2.33. The Kier molecular flexibility index (Phi) is 7.91.